The standard InChI is InChI=1S/C15H22F3N3O3/c1-20(2)13-6-5-10(15(16,17)18)7-12(13)19-14(23)21(3)8-11(22)9-24-4/h5-7,11,22H,8-9H2,1-4H3,(H,19,23). The lowest BCUT2D eigenvalue weighted by Gasteiger charge is -2.24. The molecule has 0 aromatic heterocycles. The van der Waals surface area contributed by atoms with Gasteiger partial charge in [-0.05, 0) is 18.2 Å². The predicted molar refractivity (Wildman–Crippen MR) is 85.3 cm³/mol. The van der Waals surface area contributed by atoms with Crippen LogP contribution in [0.15, 0.2) is 18.2 Å². The van der Waals surface area contributed by atoms with E-state index in [4.69, 9.17) is 4.74 Å². The zero-order valence-corrected chi connectivity index (χ0v) is 14.0. The highest BCUT2D eigenvalue weighted by Crippen LogP contribution is 2.35. The van der Waals surface area contributed by atoms with E-state index in [9.17, 15) is 23.1 Å². The molecule has 1 aromatic carbocycles. The van der Waals surface area contributed by atoms with E-state index in [1.54, 1.807) is 19.0 Å². The first-order valence-electron chi connectivity index (χ1n) is 7.14. The summed E-state index contributed by atoms with van der Waals surface area (Å²) in [5.41, 5.74) is -0.388. The number of carbonyl (C=O) groups excluding carboxylic acids is 1. The maximum Gasteiger partial charge on any atom is 0.416 e. The summed E-state index contributed by atoms with van der Waals surface area (Å²) in [6, 6.07) is 2.50. The van der Waals surface area contributed by atoms with E-state index in [-0.39, 0.29) is 18.8 Å². The monoisotopic (exact) mass is 349 g/mol. The van der Waals surface area contributed by atoms with Crippen LogP contribution in [0.3, 0.4) is 0 Å². The largest absolute Gasteiger partial charge is 0.416 e. The molecule has 6 nitrogen and oxygen atoms in total. The van der Waals surface area contributed by atoms with Gasteiger partial charge in [0.05, 0.1) is 36.2 Å². The van der Waals surface area contributed by atoms with Gasteiger partial charge in [-0.25, -0.2) is 4.79 Å². The van der Waals surface area contributed by atoms with Crippen LogP contribution in [0.25, 0.3) is 0 Å². The molecule has 1 aromatic rings. The molecule has 0 spiro atoms. The number of alkyl halides is 3. The Hall–Kier alpha value is -2.00. The summed E-state index contributed by atoms with van der Waals surface area (Å²) in [6.45, 7) is 0.0278. The van der Waals surface area contributed by atoms with Crippen LogP contribution < -0.4 is 10.2 Å². The fourth-order valence-corrected chi connectivity index (χ4v) is 2.06. The number of aliphatic hydroxyl groups is 1. The number of methoxy groups -OCH3 is 1. The van der Waals surface area contributed by atoms with Crippen molar-refractivity contribution >= 4 is 17.4 Å². The van der Waals surface area contributed by atoms with Gasteiger partial charge in [-0.3, -0.25) is 0 Å². The molecule has 2 N–H and O–H groups in total. The lowest BCUT2D eigenvalue weighted by atomic mass is 10.1. The molecule has 0 bridgehead atoms. The number of benzene rings is 1. The third kappa shape index (κ3) is 5.57. The molecule has 0 aliphatic rings. The van der Waals surface area contributed by atoms with Crippen LogP contribution in [0, 0.1) is 0 Å². The summed E-state index contributed by atoms with van der Waals surface area (Å²) in [5, 5.41) is 12.1. The minimum absolute atomic E-state index is 0.0179. The van der Waals surface area contributed by atoms with E-state index in [1.165, 1.54) is 25.1 Å². The van der Waals surface area contributed by atoms with Gasteiger partial charge >= 0.3 is 12.2 Å². The quantitative estimate of drug-likeness (QED) is 0.827. The topological polar surface area (TPSA) is 65.0 Å². The molecule has 0 radical (unpaired) electrons. The van der Waals surface area contributed by atoms with Crippen LogP contribution in [0.1, 0.15) is 5.56 Å². The van der Waals surface area contributed by atoms with Crippen molar-refractivity contribution in [2.24, 2.45) is 0 Å². The summed E-state index contributed by atoms with van der Waals surface area (Å²) in [4.78, 5) is 14.9. The Morgan fingerprint density at radius 2 is 1.96 bits per heavy atom. The second-order valence-electron chi connectivity index (χ2n) is 5.54. The molecule has 0 aliphatic carbocycles. The van der Waals surface area contributed by atoms with Gasteiger partial charge in [0, 0.05) is 28.3 Å². The number of anilines is 2. The van der Waals surface area contributed by atoms with Gasteiger partial charge in [-0.15, -0.1) is 0 Å². The van der Waals surface area contributed by atoms with Gasteiger partial charge < -0.3 is 25.0 Å². The molecule has 1 rings (SSSR count). The predicted octanol–water partition coefficient (Wildman–Crippen LogP) is 2.24. The van der Waals surface area contributed by atoms with E-state index >= 15 is 0 Å². The van der Waals surface area contributed by atoms with Crippen LogP contribution in [0.5, 0.6) is 0 Å². The van der Waals surface area contributed by atoms with Crippen molar-refractivity contribution in [3.8, 4) is 0 Å². The Morgan fingerprint density at radius 3 is 2.46 bits per heavy atom. The lowest BCUT2D eigenvalue weighted by Crippen LogP contribution is -2.39. The lowest BCUT2D eigenvalue weighted by molar-refractivity contribution is -0.137. The number of nitrogens with zero attached hydrogens (tertiary/aromatic N) is 2. The summed E-state index contributed by atoms with van der Waals surface area (Å²) >= 11 is 0. The number of ether oxygens (including phenoxy) is 1. The molecule has 0 fully saturated rings. The third-order valence-electron chi connectivity index (χ3n) is 3.24. The average Bonchev–Trinajstić information content (AvgIpc) is 2.45. The second-order valence-corrected chi connectivity index (χ2v) is 5.54. The summed E-state index contributed by atoms with van der Waals surface area (Å²) in [5.74, 6) is 0. The van der Waals surface area contributed by atoms with Crippen molar-refractivity contribution in [2.45, 2.75) is 12.3 Å². The van der Waals surface area contributed by atoms with Gasteiger partial charge in [0.1, 0.15) is 0 Å². The number of halogens is 3. The zero-order chi connectivity index (χ0) is 18.5. The maximum absolute atomic E-state index is 12.9. The smallest absolute Gasteiger partial charge is 0.389 e. The van der Waals surface area contributed by atoms with Crippen molar-refractivity contribution in [3.63, 3.8) is 0 Å². The Bertz CT molecular complexity index is 565. The highest BCUT2D eigenvalue weighted by atomic mass is 19.4. The first-order chi connectivity index (χ1) is 11.1. The van der Waals surface area contributed by atoms with Crippen molar-refractivity contribution in [1.29, 1.82) is 0 Å². The number of urea groups is 1. The molecule has 24 heavy (non-hydrogen) atoms. The Labute approximate surface area is 138 Å². The molecule has 0 heterocycles. The number of aliphatic hydroxyl groups excluding tert-OH is 1. The van der Waals surface area contributed by atoms with Gasteiger partial charge in [0.2, 0.25) is 0 Å². The Morgan fingerprint density at radius 1 is 1.33 bits per heavy atom. The molecular formula is C15H22F3N3O3. The zero-order valence-electron chi connectivity index (χ0n) is 14.0. The Kier molecular flexibility index (Phi) is 6.85. The summed E-state index contributed by atoms with van der Waals surface area (Å²) in [7, 11) is 6.15. The number of likely N-dealkylation sites (N-methyl/N-ethyl adjacent to an activating group) is 1. The molecule has 9 heteroatoms. The minimum atomic E-state index is -4.51. The SMILES string of the molecule is COCC(O)CN(C)C(=O)Nc1cc(C(F)(F)F)ccc1N(C)C. The van der Waals surface area contributed by atoms with Crippen molar-refractivity contribution in [1.82, 2.24) is 4.90 Å². The first-order valence-corrected chi connectivity index (χ1v) is 7.14. The van der Waals surface area contributed by atoms with Crippen molar-refractivity contribution in [3.05, 3.63) is 23.8 Å². The highest BCUT2D eigenvalue weighted by molar-refractivity contribution is 5.93. The number of hydrogen-bond donors (Lipinski definition) is 2. The molecule has 0 saturated heterocycles. The summed E-state index contributed by atoms with van der Waals surface area (Å²) < 4.78 is 43.4. The van der Waals surface area contributed by atoms with Gasteiger partial charge in [0.25, 0.3) is 0 Å². The van der Waals surface area contributed by atoms with E-state index in [0.29, 0.717) is 5.69 Å². The summed E-state index contributed by atoms with van der Waals surface area (Å²) in [6.07, 6.45) is -5.40. The second kappa shape index (κ2) is 8.20. The van der Waals surface area contributed by atoms with E-state index in [2.05, 4.69) is 5.32 Å². The molecule has 1 unspecified atom stereocenters. The van der Waals surface area contributed by atoms with Crippen LogP contribution in [0.2, 0.25) is 0 Å². The van der Waals surface area contributed by atoms with Crippen LogP contribution in [-0.2, 0) is 10.9 Å². The highest BCUT2D eigenvalue weighted by Gasteiger charge is 2.31. The Balaban J connectivity index is 2.97. The van der Waals surface area contributed by atoms with Crippen LogP contribution >= 0.6 is 0 Å². The number of nitrogens with one attached hydrogen (secondary N) is 1. The molecule has 136 valence electrons. The van der Waals surface area contributed by atoms with Crippen LogP contribution in [0.4, 0.5) is 29.3 Å². The number of rotatable bonds is 6. The normalized spacial score (nSPS) is 12.7. The number of hydrogen-bond acceptors (Lipinski definition) is 4. The van der Waals surface area contributed by atoms with E-state index in [1.807, 2.05) is 0 Å². The minimum Gasteiger partial charge on any atom is -0.389 e. The molecular weight excluding hydrogens is 327 g/mol. The van der Waals surface area contributed by atoms with Crippen molar-refractivity contribution in [2.75, 3.05) is 51.6 Å². The van der Waals surface area contributed by atoms with Gasteiger partial charge in [0.15, 0.2) is 0 Å². The van der Waals surface area contributed by atoms with Gasteiger partial charge in [-0.1, -0.05) is 0 Å². The molecule has 0 aliphatic heterocycles. The van der Waals surface area contributed by atoms with E-state index in [0.717, 1.165) is 12.1 Å². The number of amides is 2. The fraction of sp³-hybridized carbons (Fsp3) is 0.533. The number of carbonyl (C=O) groups is 1. The van der Waals surface area contributed by atoms with Gasteiger partial charge in [-0.2, -0.15) is 13.2 Å². The van der Waals surface area contributed by atoms with Crippen LogP contribution in [-0.4, -0.2) is 63.5 Å². The average molecular weight is 349 g/mol. The first kappa shape index (κ1) is 20.0. The van der Waals surface area contributed by atoms with E-state index < -0.39 is 23.9 Å². The molecule has 2 amide bonds. The molecule has 1 atom stereocenters. The third-order valence-corrected chi connectivity index (χ3v) is 3.24. The molecule has 0 saturated carbocycles. The van der Waals surface area contributed by atoms with Crippen molar-refractivity contribution < 1.29 is 27.8 Å². The maximum atomic E-state index is 12.9. The fourth-order valence-electron chi connectivity index (χ4n) is 2.06.